The van der Waals surface area contributed by atoms with Crippen LogP contribution in [0.4, 0.5) is 0 Å². The third-order valence-corrected chi connectivity index (χ3v) is 4.81. The van der Waals surface area contributed by atoms with Crippen LogP contribution in [0, 0.1) is 6.92 Å². The zero-order valence-electron chi connectivity index (χ0n) is 14.8. The zero-order chi connectivity index (χ0) is 18.4. The molecule has 0 atom stereocenters. The molecule has 1 N–H and O–H groups in total. The van der Waals surface area contributed by atoms with E-state index in [1.165, 1.54) is 17.3 Å². The SMILES string of the molecule is COc1cccc(CNC(=O)CSc2nccn2-c2cccc(C)c2)c1. The summed E-state index contributed by atoms with van der Waals surface area (Å²) in [5.74, 6) is 1.07. The standard InChI is InChI=1S/C20H21N3O2S/c1-15-5-3-7-17(11-15)23-10-9-21-20(23)26-14-19(24)22-13-16-6-4-8-18(12-16)25-2/h3-12H,13-14H2,1-2H3,(H,22,24). The van der Waals surface area contributed by atoms with Crippen molar-refractivity contribution in [3.8, 4) is 11.4 Å². The van der Waals surface area contributed by atoms with Gasteiger partial charge in [0.2, 0.25) is 5.91 Å². The van der Waals surface area contributed by atoms with Crippen LogP contribution < -0.4 is 10.1 Å². The van der Waals surface area contributed by atoms with E-state index in [4.69, 9.17) is 4.74 Å². The zero-order valence-corrected chi connectivity index (χ0v) is 15.6. The van der Waals surface area contributed by atoms with Crippen molar-refractivity contribution in [2.24, 2.45) is 0 Å². The van der Waals surface area contributed by atoms with Crippen molar-refractivity contribution >= 4 is 17.7 Å². The predicted octanol–water partition coefficient (Wildman–Crippen LogP) is 3.60. The van der Waals surface area contributed by atoms with Gasteiger partial charge in [-0.25, -0.2) is 4.98 Å². The number of hydrogen-bond donors (Lipinski definition) is 1. The first-order chi connectivity index (χ1) is 12.7. The maximum Gasteiger partial charge on any atom is 0.230 e. The van der Waals surface area contributed by atoms with Crippen LogP contribution in [-0.4, -0.2) is 28.3 Å². The third kappa shape index (κ3) is 4.67. The molecule has 6 heteroatoms. The maximum absolute atomic E-state index is 12.2. The highest BCUT2D eigenvalue weighted by molar-refractivity contribution is 7.99. The molecule has 0 saturated heterocycles. The first-order valence-electron chi connectivity index (χ1n) is 8.28. The number of rotatable bonds is 7. The number of imidazole rings is 1. The molecule has 2 aromatic carbocycles. The van der Waals surface area contributed by atoms with Gasteiger partial charge in [0.25, 0.3) is 0 Å². The van der Waals surface area contributed by atoms with Crippen LogP contribution in [0.15, 0.2) is 66.1 Å². The number of carbonyl (C=O) groups is 1. The average molecular weight is 367 g/mol. The van der Waals surface area contributed by atoms with E-state index in [1.54, 1.807) is 13.3 Å². The van der Waals surface area contributed by atoms with Gasteiger partial charge in [0, 0.05) is 24.6 Å². The van der Waals surface area contributed by atoms with Gasteiger partial charge in [0.05, 0.1) is 12.9 Å². The van der Waals surface area contributed by atoms with Crippen molar-refractivity contribution in [1.82, 2.24) is 14.9 Å². The van der Waals surface area contributed by atoms with Crippen LogP contribution in [-0.2, 0) is 11.3 Å². The molecule has 0 saturated carbocycles. The van der Waals surface area contributed by atoms with Gasteiger partial charge in [-0.3, -0.25) is 9.36 Å². The van der Waals surface area contributed by atoms with E-state index in [-0.39, 0.29) is 5.91 Å². The minimum Gasteiger partial charge on any atom is -0.497 e. The molecule has 5 nitrogen and oxygen atoms in total. The number of aryl methyl sites for hydroxylation is 1. The predicted molar refractivity (Wildman–Crippen MR) is 104 cm³/mol. The lowest BCUT2D eigenvalue weighted by Crippen LogP contribution is -2.24. The molecule has 0 fully saturated rings. The molecule has 3 aromatic rings. The summed E-state index contributed by atoms with van der Waals surface area (Å²) in [7, 11) is 1.63. The fraction of sp³-hybridized carbons (Fsp3) is 0.200. The number of benzene rings is 2. The van der Waals surface area contributed by atoms with Crippen LogP contribution >= 0.6 is 11.8 Å². The summed E-state index contributed by atoms with van der Waals surface area (Å²) in [5, 5.41) is 3.73. The van der Waals surface area contributed by atoms with Gasteiger partial charge >= 0.3 is 0 Å². The number of thioether (sulfide) groups is 1. The summed E-state index contributed by atoms with van der Waals surface area (Å²) in [6.45, 7) is 2.53. The Bertz CT molecular complexity index is 892. The Morgan fingerprint density at radius 3 is 2.88 bits per heavy atom. The molecule has 0 aliphatic heterocycles. The summed E-state index contributed by atoms with van der Waals surface area (Å²) in [6.07, 6.45) is 3.66. The second-order valence-corrected chi connectivity index (χ2v) is 6.78. The number of methoxy groups -OCH3 is 1. The summed E-state index contributed by atoms with van der Waals surface area (Å²) < 4.78 is 7.19. The fourth-order valence-electron chi connectivity index (χ4n) is 2.54. The van der Waals surface area contributed by atoms with Crippen molar-refractivity contribution in [2.45, 2.75) is 18.6 Å². The number of ether oxygens (including phenoxy) is 1. The number of amides is 1. The lowest BCUT2D eigenvalue weighted by Gasteiger charge is -2.09. The Labute approximate surface area is 157 Å². The van der Waals surface area contributed by atoms with Gasteiger partial charge in [-0.15, -0.1) is 0 Å². The van der Waals surface area contributed by atoms with Crippen LogP contribution in [0.5, 0.6) is 5.75 Å². The Morgan fingerprint density at radius 2 is 2.08 bits per heavy atom. The largest absolute Gasteiger partial charge is 0.497 e. The molecule has 1 heterocycles. The van der Waals surface area contributed by atoms with Gasteiger partial charge in [-0.2, -0.15) is 0 Å². The second kappa shape index (κ2) is 8.58. The van der Waals surface area contributed by atoms with Crippen molar-refractivity contribution < 1.29 is 9.53 Å². The molecule has 0 aliphatic rings. The topological polar surface area (TPSA) is 56.1 Å². The average Bonchev–Trinajstić information content (AvgIpc) is 3.13. The lowest BCUT2D eigenvalue weighted by atomic mass is 10.2. The van der Waals surface area contributed by atoms with Gasteiger partial charge in [-0.1, -0.05) is 36.0 Å². The van der Waals surface area contributed by atoms with E-state index < -0.39 is 0 Å². The van der Waals surface area contributed by atoms with Crippen molar-refractivity contribution in [3.63, 3.8) is 0 Å². The smallest absolute Gasteiger partial charge is 0.230 e. The van der Waals surface area contributed by atoms with E-state index in [2.05, 4.69) is 29.4 Å². The molecule has 134 valence electrons. The van der Waals surface area contributed by atoms with Crippen molar-refractivity contribution in [3.05, 3.63) is 72.1 Å². The summed E-state index contributed by atoms with van der Waals surface area (Å²) in [5.41, 5.74) is 3.23. The number of carbonyl (C=O) groups excluding carboxylic acids is 1. The first-order valence-corrected chi connectivity index (χ1v) is 9.27. The molecule has 0 unspecified atom stereocenters. The number of nitrogens with one attached hydrogen (secondary N) is 1. The number of aromatic nitrogens is 2. The minimum absolute atomic E-state index is 0.0309. The van der Waals surface area contributed by atoms with Crippen LogP contribution in [0.1, 0.15) is 11.1 Å². The molecular formula is C20H21N3O2S. The lowest BCUT2D eigenvalue weighted by molar-refractivity contribution is -0.118. The monoisotopic (exact) mass is 367 g/mol. The number of hydrogen-bond acceptors (Lipinski definition) is 4. The minimum atomic E-state index is -0.0309. The molecular weight excluding hydrogens is 346 g/mol. The summed E-state index contributed by atoms with van der Waals surface area (Å²) in [4.78, 5) is 16.5. The Balaban J connectivity index is 1.56. The van der Waals surface area contributed by atoms with Gasteiger partial charge in [-0.05, 0) is 42.3 Å². The van der Waals surface area contributed by atoms with Crippen molar-refractivity contribution in [1.29, 1.82) is 0 Å². The Morgan fingerprint density at radius 1 is 1.23 bits per heavy atom. The van der Waals surface area contributed by atoms with Gasteiger partial charge in [0.15, 0.2) is 5.16 Å². The number of nitrogens with zero attached hydrogens (tertiary/aromatic N) is 2. The first kappa shape index (κ1) is 18.1. The normalized spacial score (nSPS) is 10.5. The molecule has 0 radical (unpaired) electrons. The molecule has 1 aromatic heterocycles. The Hall–Kier alpha value is -2.73. The van der Waals surface area contributed by atoms with Gasteiger partial charge < -0.3 is 10.1 Å². The Kier molecular flexibility index (Phi) is 5.96. The molecule has 26 heavy (non-hydrogen) atoms. The highest BCUT2D eigenvalue weighted by atomic mass is 32.2. The quantitative estimate of drug-likeness (QED) is 0.648. The molecule has 0 bridgehead atoms. The molecule has 0 spiro atoms. The molecule has 0 aliphatic carbocycles. The van der Waals surface area contributed by atoms with Crippen LogP contribution in [0.25, 0.3) is 5.69 Å². The third-order valence-electron chi connectivity index (χ3n) is 3.84. The van der Waals surface area contributed by atoms with Crippen LogP contribution in [0.2, 0.25) is 0 Å². The van der Waals surface area contributed by atoms with E-state index in [0.717, 1.165) is 22.2 Å². The van der Waals surface area contributed by atoms with E-state index in [9.17, 15) is 4.79 Å². The summed E-state index contributed by atoms with van der Waals surface area (Å²) >= 11 is 1.42. The van der Waals surface area contributed by atoms with Gasteiger partial charge in [0.1, 0.15) is 5.75 Å². The fourth-order valence-corrected chi connectivity index (χ4v) is 3.34. The van der Waals surface area contributed by atoms with E-state index in [0.29, 0.717) is 12.3 Å². The second-order valence-electron chi connectivity index (χ2n) is 5.84. The van der Waals surface area contributed by atoms with E-state index in [1.807, 2.05) is 47.2 Å². The maximum atomic E-state index is 12.2. The van der Waals surface area contributed by atoms with E-state index >= 15 is 0 Å². The van der Waals surface area contributed by atoms with Crippen molar-refractivity contribution in [2.75, 3.05) is 12.9 Å². The van der Waals surface area contributed by atoms with Crippen LogP contribution in [0.3, 0.4) is 0 Å². The highest BCUT2D eigenvalue weighted by Gasteiger charge is 2.09. The molecule has 1 amide bonds. The highest BCUT2D eigenvalue weighted by Crippen LogP contribution is 2.21. The molecule has 3 rings (SSSR count). The summed E-state index contributed by atoms with van der Waals surface area (Å²) in [6, 6.07) is 15.9.